The van der Waals surface area contributed by atoms with E-state index in [1.54, 1.807) is 12.3 Å². The van der Waals surface area contributed by atoms with Gasteiger partial charge < -0.3 is 20.9 Å². The van der Waals surface area contributed by atoms with Gasteiger partial charge in [0.25, 0.3) is 0 Å². The van der Waals surface area contributed by atoms with Crippen LogP contribution in [-0.4, -0.2) is 21.8 Å². The number of aromatic nitrogens is 1. The van der Waals surface area contributed by atoms with E-state index in [4.69, 9.17) is 15.9 Å². The summed E-state index contributed by atoms with van der Waals surface area (Å²) >= 11 is 0. The summed E-state index contributed by atoms with van der Waals surface area (Å²) < 4.78 is 0. The van der Waals surface area contributed by atoms with Gasteiger partial charge in [-0.3, -0.25) is 0 Å². The molecule has 1 rings (SSSR count). The third-order valence-corrected chi connectivity index (χ3v) is 1.35. The van der Waals surface area contributed by atoms with Crippen molar-refractivity contribution in [3.05, 3.63) is 17.8 Å². The van der Waals surface area contributed by atoms with Gasteiger partial charge in [-0.25, -0.2) is 0 Å². The fraction of sp³-hybridized carbons (Fsp3) is 0.333. The minimum absolute atomic E-state index is 0.0292. The van der Waals surface area contributed by atoms with Crippen molar-refractivity contribution in [2.45, 2.75) is 6.04 Å². The predicted octanol–water partition coefficient (Wildman–Crippen LogP) is -0.288. The quantitative estimate of drug-likeness (QED) is 0.458. The van der Waals surface area contributed by atoms with Crippen molar-refractivity contribution in [2.24, 2.45) is 5.73 Å². The summed E-state index contributed by atoms with van der Waals surface area (Å²) in [6.07, 6.45) is 1.57. The lowest BCUT2D eigenvalue weighted by Crippen LogP contribution is -2.13. The zero-order chi connectivity index (χ0) is 7.56. The maximum atomic E-state index is 9.01. The van der Waals surface area contributed by atoms with E-state index in [9.17, 15) is 0 Å². The molecule has 0 aliphatic rings. The van der Waals surface area contributed by atoms with Gasteiger partial charge in [0.05, 0.1) is 12.6 Å². The Balaban J connectivity index is 2.82. The van der Waals surface area contributed by atoms with Crippen LogP contribution in [0.1, 0.15) is 11.6 Å². The average molecular weight is 142 g/mol. The molecule has 1 aromatic rings. The minimum Gasteiger partial charge on any atom is -0.494 e. The highest BCUT2D eigenvalue weighted by atomic mass is 16.3. The molecule has 0 aromatic carbocycles. The first-order chi connectivity index (χ1) is 4.75. The number of aliphatic hydroxyl groups is 1. The molecule has 0 saturated carbocycles. The van der Waals surface area contributed by atoms with Crippen molar-refractivity contribution in [3.8, 4) is 5.88 Å². The van der Waals surface area contributed by atoms with Gasteiger partial charge in [0.1, 0.15) is 0 Å². The van der Waals surface area contributed by atoms with Crippen LogP contribution in [-0.2, 0) is 0 Å². The summed E-state index contributed by atoms with van der Waals surface area (Å²) in [6, 6.07) is 1.14. The molecule has 1 unspecified atom stereocenters. The molecule has 0 saturated heterocycles. The zero-order valence-electron chi connectivity index (χ0n) is 5.41. The second-order valence-electron chi connectivity index (χ2n) is 2.07. The summed E-state index contributed by atoms with van der Waals surface area (Å²) in [6.45, 7) is -0.161. The number of nitrogens with two attached hydrogens (primary N) is 1. The molecule has 10 heavy (non-hydrogen) atoms. The number of aromatic amines is 1. The van der Waals surface area contributed by atoms with E-state index in [-0.39, 0.29) is 12.5 Å². The Hall–Kier alpha value is -1.00. The maximum absolute atomic E-state index is 9.01. The average Bonchev–Trinajstić information content (AvgIpc) is 2.34. The van der Waals surface area contributed by atoms with Gasteiger partial charge in [0, 0.05) is 11.8 Å². The molecule has 0 amide bonds. The molecule has 4 heteroatoms. The maximum Gasteiger partial charge on any atom is 0.193 e. The lowest BCUT2D eigenvalue weighted by molar-refractivity contribution is 0.265. The first-order valence-electron chi connectivity index (χ1n) is 2.98. The van der Waals surface area contributed by atoms with E-state index >= 15 is 0 Å². The number of hydrogen-bond acceptors (Lipinski definition) is 3. The second kappa shape index (κ2) is 2.72. The molecule has 0 fully saturated rings. The van der Waals surface area contributed by atoms with E-state index in [0.29, 0.717) is 5.56 Å². The highest BCUT2D eigenvalue weighted by Crippen LogP contribution is 2.19. The van der Waals surface area contributed by atoms with Gasteiger partial charge >= 0.3 is 0 Å². The van der Waals surface area contributed by atoms with Crippen molar-refractivity contribution in [1.82, 2.24) is 4.98 Å². The molecule has 1 aromatic heterocycles. The van der Waals surface area contributed by atoms with Gasteiger partial charge in [0.2, 0.25) is 0 Å². The number of hydrogen-bond donors (Lipinski definition) is 4. The Kier molecular flexibility index (Phi) is 1.94. The van der Waals surface area contributed by atoms with Gasteiger partial charge in [-0.15, -0.1) is 0 Å². The van der Waals surface area contributed by atoms with Crippen molar-refractivity contribution >= 4 is 0 Å². The standard InChI is InChI=1S/C6H10N2O2/c7-5(3-9)4-1-2-8-6(4)10/h1-2,5,8-10H,3,7H2. The van der Waals surface area contributed by atoms with E-state index in [1.165, 1.54) is 0 Å². The topological polar surface area (TPSA) is 82.3 Å². The van der Waals surface area contributed by atoms with Gasteiger partial charge in [-0.05, 0) is 6.07 Å². The van der Waals surface area contributed by atoms with Crippen LogP contribution in [0, 0.1) is 0 Å². The Morgan fingerprint density at radius 2 is 2.40 bits per heavy atom. The van der Waals surface area contributed by atoms with Crippen LogP contribution in [0.2, 0.25) is 0 Å². The number of aliphatic hydroxyl groups excluding tert-OH is 1. The van der Waals surface area contributed by atoms with Crippen LogP contribution < -0.4 is 5.73 Å². The van der Waals surface area contributed by atoms with Crippen molar-refractivity contribution < 1.29 is 10.2 Å². The summed E-state index contributed by atoms with van der Waals surface area (Å²) in [5.74, 6) is 0.0292. The van der Waals surface area contributed by atoms with E-state index < -0.39 is 6.04 Å². The highest BCUT2D eigenvalue weighted by molar-refractivity contribution is 5.28. The second-order valence-corrected chi connectivity index (χ2v) is 2.07. The lowest BCUT2D eigenvalue weighted by atomic mass is 10.2. The molecule has 0 radical (unpaired) electrons. The van der Waals surface area contributed by atoms with Crippen LogP contribution >= 0.6 is 0 Å². The predicted molar refractivity (Wildman–Crippen MR) is 36.5 cm³/mol. The van der Waals surface area contributed by atoms with E-state index in [2.05, 4.69) is 4.98 Å². The molecule has 1 heterocycles. The molecule has 0 aliphatic heterocycles. The fourth-order valence-corrected chi connectivity index (χ4v) is 0.770. The van der Waals surface area contributed by atoms with Crippen molar-refractivity contribution in [3.63, 3.8) is 0 Å². The molecular weight excluding hydrogens is 132 g/mol. The number of H-pyrrole nitrogens is 1. The first-order valence-corrected chi connectivity index (χ1v) is 2.98. The summed E-state index contributed by atoms with van der Waals surface area (Å²) in [7, 11) is 0. The van der Waals surface area contributed by atoms with Crippen LogP contribution in [0.5, 0.6) is 5.88 Å². The zero-order valence-corrected chi connectivity index (χ0v) is 5.41. The third kappa shape index (κ3) is 1.12. The monoisotopic (exact) mass is 142 g/mol. The molecular formula is C6H10N2O2. The lowest BCUT2D eigenvalue weighted by Gasteiger charge is -2.04. The van der Waals surface area contributed by atoms with E-state index in [1.807, 2.05) is 0 Å². The van der Waals surface area contributed by atoms with Crippen LogP contribution in [0.4, 0.5) is 0 Å². The largest absolute Gasteiger partial charge is 0.494 e. The molecule has 0 aliphatic carbocycles. The fourth-order valence-electron chi connectivity index (χ4n) is 0.770. The SMILES string of the molecule is NC(CO)c1cc[nH]c1O. The molecule has 1 atom stereocenters. The molecule has 56 valence electrons. The smallest absolute Gasteiger partial charge is 0.193 e. The molecule has 4 nitrogen and oxygen atoms in total. The highest BCUT2D eigenvalue weighted by Gasteiger charge is 2.09. The molecule has 0 spiro atoms. The minimum atomic E-state index is -0.494. The number of nitrogens with one attached hydrogen (secondary N) is 1. The van der Waals surface area contributed by atoms with E-state index in [0.717, 1.165) is 0 Å². The molecule has 0 bridgehead atoms. The Bertz CT molecular complexity index is 209. The van der Waals surface area contributed by atoms with Crippen molar-refractivity contribution in [1.29, 1.82) is 0 Å². The van der Waals surface area contributed by atoms with Crippen molar-refractivity contribution in [2.75, 3.05) is 6.61 Å². The Labute approximate surface area is 58.3 Å². The normalized spacial score (nSPS) is 13.4. The van der Waals surface area contributed by atoms with Crippen LogP contribution in [0.25, 0.3) is 0 Å². The van der Waals surface area contributed by atoms with Gasteiger partial charge in [-0.1, -0.05) is 0 Å². The Morgan fingerprint density at radius 3 is 2.80 bits per heavy atom. The number of aromatic hydroxyl groups is 1. The van der Waals surface area contributed by atoms with Gasteiger partial charge in [-0.2, -0.15) is 0 Å². The number of rotatable bonds is 2. The Morgan fingerprint density at radius 1 is 1.70 bits per heavy atom. The summed E-state index contributed by atoms with van der Waals surface area (Å²) in [4.78, 5) is 2.55. The summed E-state index contributed by atoms with van der Waals surface area (Å²) in [5, 5.41) is 17.6. The first kappa shape index (κ1) is 7.11. The van der Waals surface area contributed by atoms with Crippen LogP contribution in [0.3, 0.4) is 0 Å². The third-order valence-electron chi connectivity index (χ3n) is 1.35. The summed E-state index contributed by atoms with van der Waals surface area (Å²) in [5.41, 5.74) is 5.95. The molecule has 5 N–H and O–H groups in total. The van der Waals surface area contributed by atoms with Crippen LogP contribution in [0.15, 0.2) is 12.3 Å². The van der Waals surface area contributed by atoms with Gasteiger partial charge in [0.15, 0.2) is 5.88 Å².